The predicted octanol–water partition coefficient (Wildman–Crippen LogP) is 4.63. The van der Waals surface area contributed by atoms with Crippen molar-refractivity contribution in [3.05, 3.63) is 65.7 Å². The summed E-state index contributed by atoms with van der Waals surface area (Å²) in [6.45, 7) is 1.88. The fourth-order valence-corrected chi connectivity index (χ4v) is 3.52. The van der Waals surface area contributed by atoms with Crippen LogP contribution in [0.2, 0.25) is 0 Å². The Labute approximate surface area is 174 Å². The summed E-state index contributed by atoms with van der Waals surface area (Å²) in [5.74, 6) is -1.12. The third-order valence-electron chi connectivity index (χ3n) is 5.09. The third-order valence-corrected chi connectivity index (χ3v) is 5.09. The minimum absolute atomic E-state index is 0.0704. The molecule has 2 aromatic carbocycles. The Balaban J connectivity index is 1.89. The molecule has 1 atom stereocenters. The molecular weight excluding hydrogens is 414 g/mol. The molecule has 0 aliphatic carbocycles. The summed E-state index contributed by atoms with van der Waals surface area (Å²) >= 11 is 0. The second-order valence-electron chi connectivity index (χ2n) is 7.31. The van der Waals surface area contributed by atoms with Crippen LogP contribution in [0.3, 0.4) is 0 Å². The molecule has 2 heterocycles. The van der Waals surface area contributed by atoms with Gasteiger partial charge in [-0.1, -0.05) is 42.0 Å². The summed E-state index contributed by atoms with van der Waals surface area (Å²) in [5, 5.41) is 14.1. The van der Waals surface area contributed by atoms with Crippen LogP contribution in [0, 0.1) is 6.92 Å². The zero-order chi connectivity index (χ0) is 22.3. The van der Waals surface area contributed by atoms with E-state index in [9.17, 15) is 27.5 Å². The van der Waals surface area contributed by atoms with E-state index in [1.54, 1.807) is 36.4 Å². The number of aliphatic hydroxyl groups is 1. The van der Waals surface area contributed by atoms with E-state index >= 15 is 0 Å². The van der Waals surface area contributed by atoms with Gasteiger partial charge >= 0.3 is 0 Å². The average Bonchev–Trinajstić information content (AvgIpc) is 3.12. The van der Waals surface area contributed by atoms with E-state index in [4.69, 9.17) is 0 Å². The molecule has 0 spiro atoms. The van der Waals surface area contributed by atoms with Crippen LogP contribution in [0.4, 0.5) is 17.6 Å². The molecule has 0 saturated carbocycles. The Hall–Kier alpha value is -3.33. The molecular formula is C22H17F4N3O2. The van der Waals surface area contributed by atoms with E-state index in [-0.39, 0.29) is 10.6 Å². The number of para-hydroxylation sites is 1. The Morgan fingerprint density at radius 2 is 1.84 bits per heavy atom. The van der Waals surface area contributed by atoms with Crippen molar-refractivity contribution in [1.29, 1.82) is 0 Å². The van der Waals surface area contributed by atoms with Crippen LogP contribution in [-0.2, 0) is 0 Å². The lowest BCUT2D eigenvalue weighted by atomic mass is 10.0. The van der Waals surface area contributed by atoms with Crippen molar-refractivity contribution in [2.75, 3.05) is 0 Å². The maximum Gasteiger partial charge on any atom is 0.287 e. The first-order valence-electron chi connectivity index (χ1n) is 9.38. The van der Waals surface area contributed by atoms with Gasteiger partial charge in [-0.05, 0) is 25.1 Å². The predicted molar refractivity (Wildman–Crippen MR) is 107 cm³/mol. The number of halogens is 4. The number of nitrogens with zero attached hydrogens (tertiary/aromatic N) is 3. The number of amides is 1. The van der Waals surface area contributed by atoms with Crippen LogP contribution in [-0.4, -0.2) is 45.3 Å². The van der Waals surface area contributed by atoms with Crippen molar-refractivity contribution < 1.29 is 27.5 Å². The number of carbonyl (C=O) groups excluding carboxylic acids is 1. The maximum absolute atomic E-state index is 13.6. The SMILES string of the molecule is Cc1cccc(-c2cc(C(=O)N3N=C(C(F)F)C[C@@]3(O)C(F)F)c3ccccc3n2)c1. The molecule has 1 aromatic heterocycles. The lowest BCUT2D eigenvalue weighted by molar-refractivity contribution is -0.164. The number of pyridine rings is 1. The topological polar surface area (TPSA) is 65.8 Å². The van der Waals surface area contributed by atoms with Gasteiger partial charge in [0.15, 0.2) is 0 Å². The lowest BCUT2D eigenvalue weighted by Crippen LogP contribution is -2.51. The van der Waals surface area contributed by atoms with Crippen molar-refractivity contribution in [3.8, 4) is 11.3 Å². The fraction of sp³-hybridized carbons (Fsp3) is 0.227. The standard InChI is InChI=1S/C22H17F4N3O2/c1-12-5-4-6-13(9-12)17-10-15(14-7-2-3-8-16(14)27-17)20(30)29-22(31,21(25)26)11-18(28-29)19(23)24/h2-10,19,21,31H,11H2,1H3/t22-/m1/s1. The molecule has 1 aliphatic heterocycles. The maximum atomic E-state index is 13.6. The van der Waals surface area contributed by atoms with Crippen molar-refractivity contribution in [1.82, 2.24) is 9.99 Å². The van der Waals surface area contributed by atoms with Gasteiger partial charge in [0.05, 0.1) is 16.8 Å². The van der Waals surface area contributed by atoms with Gasteiger partial charge in [-0.25, -0.2) is 22.5 Å². The minimum Gasteiger partial charge on any atom is -0.364 e. The molecule has 31 heavy (non-hydrogen) atoms. The first-order chi connectivity index (χ1) is 14.7. The van der Waals surface area contributed by atoms with E-state index in [0.717, 1.165) is 5.56 Å². The molecule has 0 bridgehead atoms. The summed E-state index contributed by atoms with van der Waals surface area (Å²) in [6.07, 6.45) is -7.82. The highest BCUT2D eigenvalue weighted by molar-refractivity contribution is 6.08. The van der Waals surface area contributed by atoms with Crippen LogP contribution >= 0.6 is 0 Å². The number of aryl methyl sites for hydroxylation is 1. The van der Waals surface area contributed by atoms with Crippen molar-refractivity contribution in [3.63, 3.8) is 0 Å². The van der Waals surface area contributed by atoms with Crippen molar-refractivity contribution in [2.24, 2.45) is 5.10 Å². The number of hydrazone groups is 1. The fourth-order valence-electron chi connectivity index (χ4n) is 3.52. The van der Waals surface area contributed by atoms with E-state index in [1.165, 1.54) is 6.07 Å². The smallest absolute Gasteiger partial charge is 0.287 e. The van der Waals surface area contributed by atoms with Crippen LogP contribution in [0.25, 0.3) is 22.2 Å². The Morgan fingerprint density at radius 1 is 1.10 bits per heavy atom. The zero-order valence-electron chi connectivity index (χ0n) is 16.3. The summed E-state index contributed by atoms with van der Waals surface area (Å²) in [5.41, 5.74) is -1.79. The van der Waals surface area contributed by atoms with Gasteiger partial charge in [-0.3, -0.25) is 4.79 Å². The minimum atomic E-state index is -3.50. The highest BCUT2D eigenvalue weighted by atomic mass is 19.3. The quantitative estimate of drug-likeness (QED) is 0.613. The molecule has 9 heteroatoms. The Morgan fingerprint density at radius 3 is 2.52 bits per heavy atom. The van der Waals surface area contributed by atoms with Gasteiger partial charge in [-0.15, -0.1) is 0 Å². The number of carbonyl (C=O) groups is 1. The van der Waals surface area contributed by atoms with Gasteiger partial charge in [0.25, 0.3) is 18.8 Å². The van der Waals surface area contributed by atoms with Crippen LogP contribution in [0.15, 0.2) is 59.7 Å². The van der Waals surface area contributed by atoms with Gasteiger partial charge in [0, 0.05) is 17.4 Å². The summed E-state index contributed by atoms with van der Waals surface area (Å²) in [4.78, 5) is 17.8. The van der Waals surface area contributed by atoms with Crippen molar-refractivity contribution >= 4 is 22.5 Å². The molecule has 4 rings (SSSR count). The van der Waals surface area contributed by atoms with Gasteiger partial charge in [0.2, 0.25) is 5.72 Å². The van der Waals surface area contributed by atoms with Gasteiger partial charge in [0.1, 0.15) is 5.71 Å². The molecule has 1 aliphatic rings. The highest BCUT2D eigenvalue weighted by Crippen LogP contribution is 2.36. The summed E-state index contributed by atoms with van der Waals surface area (Å²) < 4.78 is 53.5. The molecule has 3 aromatic rings. The molecule has 0 saturated heterocycles. The van der Waals surface area contributed by atoms with Crippen molar-refractivity contribution in [2.45, 2.75) is 31.9 Å². The number of hydrogen-bond donors (Lipinski definition) is 1. The largest absolute Gasteiger partial charge is 0.364 e. The van der Waals surface area contributed by atoms with Crippen LogP contribution in [0.5, 0.6) is 0 Å². The summed E-state index contributed by atoms with van der Waals surface area (Å²) in [6, 6.07) is 15.2. The monoisotopic (exact) mass is 431 g/mol. The average molecular weight is 431 g/mol. The number of benzene rings is 2. The van der Waals surface area contributed by atoms with E-state index in [2.05, 4.69) is 10.1 Å². The van der Waals surface area contributed by atoms with Crippen LogP contribution in [0.1, 0.15) is 22.3 Å². The van der Waals surface area contributed by atoms with Gasteiger partial charge < -0.3 is 5.11 Å². The number of fused-ring (bicyclic) bond motifs is 1. The zero-order valence-corrected chi connectivity index (χ0v) is 16.3. The molecule has 5 nitrogen and oxygen atoms in total. The number of rotatable bonds is 4. The number of hydrogen-bond acceptors (Lipinski definition) is 4. The normalized spacial score (nSPS) is 18.8. The Bertz CT molecular complexity index is 1200. The molecule has 160 valence electrons. The third kappa shape index (κ3) is 3.65. The Kier molecular flexibility index (Phi) is 5.22. The van der Waals surface area contributed by atoms with E-state index < -0.39 is 36.6 Å². The van der Waals surface area contributed by atoms with Crippen LogP contribution < -0.4 is 0 Å². The van der Waals surface area contributed by atoms with Gasteiger partial charge in [-0.2, -0.15) is 10.1 Å². The van der Waals surface area contributed by atoms with E-state index in [0.29, 0.717) is 22.2 Å². The first kappa shape index (κ1) is 20.9. The number of aromatic nitrogens is 1. The second kappa shape index (κ2) is 7.73. The summed E-state index contributed by atoms with van der Waals surface area (Å²) in [7, 11) is 0. The molecule has 1 N–H and O–H groups in total. The highest BCUT2D eigenvalue weighted by Gasteiger charge is 2.53. The van der Waals surface area contributed by atoms with E-state index in [1.807, 2.05) is 19.1 Å². The molecule has 0 radical (unpaired) electrons. The number of alkyl halides is 4. The second-order valence-corrected chi connectivity index (χ2v) is 7.31. The lowest BCUT2D eigenvalue weighted by Gasteiger charge is -2.30. The first-order valence-corrected chi connectivity index (χ1v) is 9.38. The molecule has 0 unspecified atom stereocenters. The molecule has 1 amide bonds. The molecule has 0 fully saturated rings.